The molecule has 3 rings (SSSR count). The summed E-state index contributed by atoms with van der Waals surface area (Å²) < 4.78 is 45.5. The van der Waals surface area contributed by atoms with Crippen LogP contribution in [0.5, 0.6) is 0 Å². The maximum Gasteiger partial charge on any atom is 0.309 e. The molecular formula is C22H25FN2O5S. The van der Waals surface area contributed by atoms with Crippen LogP contribution in [0.25, 0.3) is 0 Å². The van der Waals surface area contributed by atoms with Crippen molar-refractivity contribution in [1.29, 1.82) is 0 Å². The fourth-order valence-electron chi connectivity index (χ4n) is 3.33. The van der Waals surface area contributed by atoms with E-state index in [1.807, 2.05) is 6.92 Å². The molecule has 1 amide bonds. The van der Waals surface area contributed by atoms with Crippen LogP contribution in [0.2, 0.25) is 0 Å². The zero-order valence-electron chi connectivity index (χ0n) is 17.2. The average Bonchev–Trinajstić information content (AvgIpc) is 2.77. The van der Waals surface area contributed by atoms with Crippen molar-refractivity contribution in [3.63, 3.8) is 0 Å². The molecule has 31 heavy (non-hydrogen) atoms. The molecule has 1 heterocycles. The van der Waals surface area contributed by atoms with Gasteiger partial charge in [0.25, 0.3) is 5.91 Å². The SMILES string of the molecule is Cc1ccc(S(=O)(=O)N2CCC(C(=O)OCC(=O)NCc3ccccc3F)CC2)cc1. The molecule has 1 saturated heterocycles. The number of rotatable bonds is 7. The number of sulfonamides is 1. The van der Waals surface area contributed by atoms with Crippen molar-refractivity contribution in [1.82, 2.24) is 9.62 Å². The van der Waals surface area contributed by atoms with Crippen LogP contribution in [0.1, 0.15) is 24.0 Å². The van der Waals surface area contributed by atoms with Crippen LogP contribution in [-0.4, -0.2) is 44.3 Å². The van der Waals surface area contributed by atoms with Crippen molar-refractivity contribution in [2.24, 2.45) is 5.92 Å². The summed E-state index contributed by atoms with van der Waals surface area (Å²) in [5.74, 6) is -1.96. The Balaban J connectivity index is 1.44. The van der Waals surface area contributed by atoms with Crippen molar-refractivity contribution in [2.75, 3.05) is 19.7 Å². The highest BCUT2D eigenvalue weighted by Crippen LogP contribution is 2.24. The number of carbonyl (C=O) groups excluding carboxylic acids is 2. The van der Waals surface area contributed by atoms with E-state index in [1.54, 1.807) is 42.5 Å². The molecular weight excluding hydrogens is 423 g/mol. The smallest absolute Gasteiger partial charge is 0.309 e. The number of benzene rings is 2. The van der Waals surface area contributed by atoms with Gasteiger partial charge in [-0.05, 0) is 38.0 Å². The lowest BCUT2D eigenvalue weighted by Crippen LogP contribution is -2.41. The van der Waals surface area contributed by atoms with E-state index < -0.39 is 40.2 Å². The number of piperidine rings is 1. The van der Waals surface area contributed by atoms with Gasteiger partial charge in [-0.1, -0.05) is 35.9 Å². The minimum absolute atomic E-state index is 0.00167. The lowest BCUT2D eigenvalue weighted by Gasteiger charge is -2.30. The summed E-state index contributed by atoms with van der Waals surface area (Å²) in [4.78, 5) is 24.4. The van der Waals surface area contributed by atoms with Crippen LogP contribution in [0.4, 0.5) is 4.39 Å². The number of hydrogen-bond donors (Lipinski definition) is 1. The summed E-state index contributed by atoms with van der Waals surface area (Å²) in [6.45, 7) is 1.83. The number of esters is 1. The van der Waals surface area contributed by atoms with Gasteiger partial charge in [-0.2, -0.15) is 4.31 Å². The predicted octanol–water partition coefficient (Wildman–Crippen LogP) is 2.39. The second kappa shape index (κ2) is 10.0. The molecule has 0 aliphatic carbocycles. The topological polar surface area (TPSA) is 92.8 Å². The molecule has 1 aliphatic heterocycles. The van der Waals surface area contributed by atoms with Crippen molar-refractivity contribution >= 4 is 21.9 Å². The van der Waals surface area contributed by atoms with Crippen LogP contribution in [0.15, 0.2) is 53.4 Å². The van der Waals surface area contributed by atoms with Gasteiger partial charge in [-0.15, -0.1) is 0 Å². The highest BCUT2D eigenvalue weighted by atomic mass is 32.2. The number of hydrogen-bond acceptors (Lipinski definition) is 5. The fraction of sp³-hybridized carbons (Fsp3) is 0.364. The third-order valence-corrected chi connectivity index (χ3v) is 7.14. The van der Waals surface area contributed by atoms with Crippen LogP contribution in [-0.2, 0) is 30.9 Å². The first-order valence-electron chi connectivity index (χ1n) is 10.0. The lowest BCUT2D eigenvalue weighted by atomic mass is 9.98. The first kappa shape index (κ1) is 22.9. The number of amides is 1. The van der Waals surface area contributed by atoms with Gasteiger partial charge in [0.2, 0.25) is 10.0 Å². The van der Waals surface area contributed by atoms with Gasteiger partial charge in [0.15, 0.2) is 6.61 Å². The minimum Gasteiger partial charge on any atom is -0.455 e. The Hall–Kier alpha value is -2.78. The molecule has 9 heteroatoms. The Kier molecular flexibility index (Phi) is 7.40. The maximum absolute atomic E-state index is 13.6. The van der Waals surface area contributed by atoms with E-state index in [0.717, 1.165) is 5.56 Å². The van der Waals surface area contributed by atoms with E-state index in [0.29, 0.717) is 18.4 Å². The largest absolute Gasteiger partial charge is 0.455 e. The van der Waals surface area contributed by atoms with Gasteiger partial charge in [-0.3, -0.25) is 9.59 Å². The van der Waals surface area contributed by atoms with Gasteiger partial charge >= 0.3 is 5.97 Å². The Morgan fingerprint density at radius 2 is 1.74 bits per heavy atom. The number of nitrogens with zero attached hydrogens (tertiary/aromatic N) is 1. The maximum atomic E-state index is 13.6. The molecule has 1 fully saturated rings. The van der Waals surface area contributed by atoms with E-state index in [9.17, 15) is 22.4 Å². The fourth-order valence-corrected chi connectivity index (χ4v) is 4.80. The number of ether oxygens (including phenoxy) is 1. The Bertz CT molecular complexity index is 1030. The van der Waals surface area contributed by atoms with E-state index in [-0.39, 0.29) is 24.5 Å². The molecule has 1 aliphatic rings. The van der Waals surface area contributed by atoms with Gasteiger partial charge in [0.1, 0.15) is 5.82 Å². The highest BCUT2D eigenvalue weighted by Gasteiger charge is 2.33. The average molecular weight is 449 g/mol. The molecule has 0 radical (unpaired) electrons. The van der Waals surface area contributed by atoms with E-state index in [1.165, 1.54) is 10.4 Å². The summed E-state index contributed by atoms with van der Waals surface area (Å²) >= 11 is 0. The lowest BCUT2D eigenvalue weighted by molar-refractivity contribution is -0.153. The van der Waals surface area contributed by atoms with Crippen molar-refractivity contribution in [2.45, 2.75) is 31.2 Å². The van der Waals surface area contributed by atoms with Crippen molar-refractivity contribution in [3.05, 3.63) is 65.5 Å². The molecule has 0 atom stereocenters. The van der Waals surface area contributed by atoms with Crippen LogP contribution < -0.4 is 5.32 Å². The molecule has 0 bridgehead atoms. The molecule has 1 N–H and O–H groups in total. The first-order valence-corrected chi connectivity index (χ1v) is 11.4. The van der Waals surface area contributed by atoms with Crippen molar-refractivity contribution < 1.29 is 27.1 Å². The number of aryl methyl sites for hydroxylation is 1. The van der Waals surface area contributed by atoms with E-state index in [4.69, 9.17) is 4.74 Å². The standard InChI is InChI=1S/C22H25FN2O5S/c1-16-6-8-19(9-7-16)31(28,29)25-12-10-17(11-13-25)22(27)30-15-21(26)24-14-18-4-2-3-5-20(18)23/h2-9,17H,10-15H2,1H3,(H,24,26). The summed E-state index contributed by atoms with van der Waals surface area (Å²) in [6, 6.07) is 12.7. The molecule has 7 nitrogen and oxygen atoms in total. The summed E-state index contributed by atoms with van der Waals surface area (Å²) in [7, 11) is -3.60. The van der Waals surface area contributed by atoms with Gasteiger partial charge < -0.3 is 10.1 Å². The number of nitrogens with one attached hydrogen (secondary N) is 1. The highest BCUT2D eigenvalue weighted by molar-refractivity contribution is 7.89. The van der Waals surface area contributed by atoms with Gasteiger partial charge in [0, 0.05) is 25.2 Å². The summed E-state index contributed by atoms with van der Waals surface area (Å²) in [6.07, 6.45) is 0.640. The molecule has 2 aromatic carbocycles. The normalized spacial score (nSPS) is 15.4. The molecule has 2 aromatic rings. The monoisotopic (exact) mass is 448 g/mol. The number of halogens is 1. The third-order valence-electron chi connectivity index (χ3n) is 5.23. The van der Waals surface area contributed by atoms with Gasteiger partial charge in [0.05, 0.1) is 10.8 Å². The zero-order valence-corrected chi connectivity index (χ0v) is 18.0. The van der Waals surface area contributed by atoms with E-state index in [2.05, 4.69) is 5.32 Å². The molecule has 0 spiro atoms. The minimum atomic E-state index is -3.60. The van der Waals surface area contributed by atoms with Gasteiger partial charge in [-0.25, -0.2) is 12.8 Å². The van der Waals surface area contributed by atoms with Crippen LogP contribution in [0, 0.1) is 18.7 Å². The third kappa shape index (κ3) is 5.89. The Morgan fingerprint density at radius 3 is 2.39 bits per heavy atom. The van der Waals surface area contributed by atoms with Crippen LogP contribution >= 0.6 is 0 Å². The quantitative estimate of drug-likeness (QED) is 0.657. The van der Waals surface area contributed by atoms with Crippen molar-refractivity contribution in [3.8, 4) is 0 Å². The Labute approximate surface area is 181 Å². The molecule has 166 valence electrons. The molecule has 0 saturated carbocycles. The second-order valence-corrected chi connectivity index (χ2v) is 9.41. The van der Waals surface area contributed by atoms with Crippen LogP contribution in [0.3, 0.4) is 0 Å². The molecule has 0 aromatic heterocycles. The molecule has 0 unspecified atom stereocenters. The second-order valence-electron chi connectivity index (χ2n) is 7.47. The number of carbonyl (C=O) groups is 2. The zero-order chi connectivity index (χ0) is 22.4. The van der Waals surface area contributed by atoms with E-state index >= 15 is 0 Å². The summed E-state index contributed by atoms with van der Waals surface area (Å²) in [5, 5.41) is 2.50. The summed E-state index contributed by atoms with van der Waals surface area (Å²) in [5.41, 5.74) is 1.31. The Morgan fingerprint density at radius 1 is 1.10 bits per heavy atom. The first-order chi connectivity index (χ1) is 14.8. The predicted molar refractivity (Wildman–Crippen MR) is 112 cm³/mol.